The summed E-state index contributed by atoms with van der Waals surface area (Å²) >= 11 is 0. The molecule has 1 heterocycles. The molecule has 74 valence electrons. The lowest BCUT2D eigenvalue weighted by Crippen LogP contribution is -2.26. The molecule has 1 aliphatic rings. The highest BCUT2D eigenvalue weighted by Gasteiger charge is 2.15. The van der Waals surface area contributed by atoms with Crippen LogP contribution in [-0.2, 0) is 0 Å². The van der Waals surface area contributed by atoms with Gasteiger partial charge in [-0.25, -0.2) is 0 Å². The van der Waals surface area contributed by atoms with Gasteiger partial charge in [0.1, 0.15) is 5.82 Å². The minimum absolute atomic E-state index is 0.470. The highest BCUT2D eigenvalue weighted by atomic mass is 15.2. The standard InChI is InChI=1S/C11H20N2/c1-4-10(9(2)3)11(12)13-7-5-6-8-13/h4,9H,1,5-8,12H2,2-3H3/b11-10-. The zero-order chi connectivity index (χ0) is 9.84. The van der Waals surface area contributed by atoms with Gasteiger partial charge in [0, 0.05) is 13.1 Å². The zero-order valence-electron chi connectivity index (χ0n) is 8.71. The Morgan fingerprint density at radius 3 is 2.31 bits per heavy atom. The van der Waals surface area contributed by atoms with Gasteiger partial charge < -0.3 is 10.6 Å². The van der Waals surface area contributed by atoms with Crippen LogP contribution in [-0.4, -0.2) is 18.0 Å². The zero-order valence-corrected chi connectivity index (χ0v) is 8.71. The van der Waals surface area contributed by atoms with Crippen molar-refractivity contribution < 1.29 is 0 Å². The molecule has 0 saturated carbocycles. The molecular formula is C11H20N2. The van der Waals surface area contributed by atoms with Gasteiger partial charge in [-0.15, -0.1) is 0 Å². The molecule has 13 heavy (non-hydrogen) atoms. The SMILES string of the molecule is C=C/C(=C(\N)N1CCCC1)C(C)C. The number of hydrogen-bond donors (Lipinski definition) is 1. The third-order valence-electron chi connectivity index (χ3n) is 2.58. The first kappa shape index (κ1) is 10.2. The van der Waals surface area contributed by atoms with E-state index in [1.807, 2.05) is 6.08 Å². The molecule has 1 fully saturated rings. The van der Waals surface area contributed by atoms with E-state index in [2.05, 4.69) is 25.3 Å². The predicted molar refractivity (Wildman–Crippen MR) is 57.1 cm³/mol. The van der Waals surface area contributed by atoms with E-state index in [1.54, 1.807) is 0 Å². The fourth-order valence-electron chi connectivity index (χ4n) is 1.78. The lowest BCUT2D eigenvalue weighted by molar-refractivity contribution is 0.412. The van der Waals surface area contributed by atoms with Gasteiger partial charge in [-0.1, -0.05) is 26.5 Å². The Balaban J connectivity index is 2.79. The van der Waals surface area contributed by atoms with Crippen LogP contribution in [0.4, 0.5) is 0 Å². The molecule has 0 spiro atoms. The van der Waals surface area contributed by atoms with Crippen LogP contribution in [0.5, 0.6) is 0 Å². The monoisotopic (exact) mass is 180 g/mol. The molecule has 0 bridgehead atoms. The molecule has 0 aliphatic carbocycles. The van der Waals surface area contributed by atoms with Crippen molar-refractivity contribution in [2.75, 3.05) is 13.1 Å². The molecule has 0 aromatic carbocycles. The highest BCUT2D eigenvalue weighted by molar-refractivity contribution is 5.23. The van der Waals surface area contributed by atoms with Gasteiger partial charge in [-0.3, -0.25) is 0 Å². The van der Waals surface area contributed by atoms with Crippen molar-refractivity contribution in [2.24, 2.45) is 11.7 Å². The van der Waals surface area contributed by atoms with Crippen LogP contribution < -0.4 is 5.73 Å². The second kappa shape index (κ2) is 4.35. The van der Waals surface area contributed by atoms with E-state index < -0.39 is 0 Å². The maximum atomic E-state index is 6.07. The van der Waals surface area contributed by atoms with E-state index in [0.717, 1.165) is 18.9 Å². The summed E-state index contributed by atoms with van der Waals surface area (Å²) in [5, 5.41) is 0. The molecule has 1 aliphatic heterocycles. The molecule has 0 amide bonds. The van der Waals surface area contributed by atoms with E-state index in [4.69, 9.17) is 5.73 Å². The minimum Gasteiger partial charge on any atom is -0.385 e. The van der Waals surface area contributed by atoms with Gasteiger partial charge in [0.25, 0.3) is 0 Å². The molecule has 2 heteroatoms. The molecule has 2 N–H and O–H groups in total. The van der Waals surface area contributed by atoms with Gasteiger partial charge >= 0.3 is 0 Å². The Bertz CT molecular complexity index is 210. The van der Waals surface area contributed by atoms with Crippen LogP contribution in [0, 0.1) is 5.92 Å². The first-order valence-corrected chi connectivity index (χ1v) is 5.04. The lowest BCUT2D eigenvalue weighted by Gasteiger charge is -2.22. The highest BCUT2D eigenvalue weighted by Crippen LogP contribution is 2.19. The van der Waals surface area contributed by atoms with Crippen molar-refractivity contribution >= 4 is 0 Å². The number of nitrogens with two attached hydrogens (primary N) is 1. The Morgan fingerprint density at radius 1 is 1.38 bits per heavy atom. The van der Waals surface area contributed by atoms with Crippen molar-refractivity contribution in [2.45, 2.75) is 26.7 Å². The maximum Gasteiger partial charge on any atom is 0.102 e. The van der Waals surface area contributed by atoms with Crippen molar-refractivity contribution in [1.29, 1.82) is 0 Å². The average Bonchev–Trinajstić information content (AvgIpc) is 2.56. The maximum absolute atomic E-state index is 6.07. The summed E-state index contributed by atoms with van der Waals surface area (Å²) in [4.78, 5) is 2.26. The van der Waals surface area contributed by atoms with E-state index in [1.165, 1.54) is 18.4 Å². The van der Waals surface area contributed by atoms with Crippen molar-refractivity contribution in [3.05, 3.63) is 24.0 Å². The number of nitrogens with zero attached hydrogens (tertiary/aromatic N) is 1. The molecule has 0 atom stereocenters. The summed E-state index contributed by atoms with van der Waals surface area (Å²) in [6.45, 7) is 10.3. The summed E-state index contributed by atoms with van der Waals surface area (Å²) in [5.41, 5.74) is 7.25. The molecule has 2 nitrogen and oxygen atoms in total. The summed E-state index contributed by atoms with van der Waals surface area (Å²) in [7, 11) is 0. The summed E-state index contributed by atoms with van der Waals surface area (Å²) in [5.74, 6) is 1.40. The lowest BCUT2D eigenvalue weighted by atomic mass is 10.0. The fraction of sp³-hybridized carbons (Fsp3) is 0.636. The van der Waals surface area contributed by atoms with Gasteiger partial charge in [-0.05, 0) is 24.3 Å². The summed E-state index contributed by atoms with van der Waals surface area (Å²) in [6, 6.07) is 0. The third kappa shape index (κ3) is 2.27. The molecular weight excluding hydrogens is 160 g/mol. The Labute approximate surface area is 81.1 Å². The van der Waals surface area contributed by atoms with Gasteiger partial charge in [0.05, 0.1) is 0 Å². The Hall–Kier alpha value is -0.920. The van der Waals surface area contributed by atoms with Crippen molar-refractivity contribution in [3.63, 3.8) is 0 Å². The minimum atomic E-state index is 0.470. The van der Waals surface area contributed by atoms with Gasteiger partial charge in [0.2, 0.25) is 0 Å². The van der Waals surface area contributed by atoms with E-state index in [0.29, 0.717) is 5.92 Å². The normalized spacial score (nSPS) is 19.2. The smallest absolute Gasteiger partial charge is 0.102 e. The number of allylic oxidation sites excluding steroid dienone is 2. The molecule has 0 aromatic rings. The number of likely N-dealkylation sites (tertiary alicyclic amines) is 1. The van der Waals surface area contributed by atoms with Crippen molar-refractivity contribution in [3.8, 4) is 0 Å². The summed E-state index contributed by atoms with van der Waals surface area (Å²) < 4.78 is 0. The molecule has 0 radical (unpaired) electrons. The third-order valence-corrected chi connectivity index (χ3v) is 2.58. The Kier molecular flexibility index (Phi) is 3.40. The van der Waals surface area contributed by atoms with Crippen molar-refractivity contribution in [1.82, 2.24) is 4.90 Å². The molecule has 0 unspecified atom stereocenters. The van der Waals surface area contributed by atoms with Crippen LogP contribution in [0.15, 0.2) is 24.0 Å². The number of hydrogen-bond acceptors (Lipinski definition) is 2. The van der Waals surface area contributed by atoms with E-state index >= 15 is 0 Å². The van der Waals surface area contributed by atoms with Crippen LogP contribution in [0.25, 0.3) is 0 Å². The first-order valence-electron chi connectivity index (χ1n) is 5.04. The fourth-order valence-corrected chi connectivity index (χ4v) is 1.78. The van der Waals surface area contributed by atoms with Gasteiger partial charge in [0.15, 0.2) is 0 Å². The summed E-state index contributed by atoms with van der Waals surface area (Å²) in [6.07, 6.45) is 4.42. The van der Waals surface area contributed by atoms with Crippen LogP contribution in [0.3, 0.4) is 0 Å². The van der Waals surface area contributed by atoms with Crippen LogP contribution in [0.1, 0.15) is 26.7 Å². The van der Waals surface area contributed by atoms with Gasteiger partial charge in [-0.2, -0.15) is 0 Å². The Morgan fingerprint density at radius 2 is 1.92 bits per heavy atom. The predicted octanol–water partition coefficient (Wildman–Crippen LogP) is 2.09. The first-order chi connectivity index (χ1) is 6.16. The molecule has 1 rings (SSSR count). The average molecular weight is 180 g/mol. The largest absolute Gasteiger partial charge is 0.385 e. The van der Waals surface area contributed by atoms with Crippen LogP contribution >= 0.6 is 0 Å². The topological polar surface area (TPSA) is 29.3 Å². The molecule has 0 aromatic heterocycles. The second-order valence-corrected chi connectivity index (χ2v) is 3.89. The molecule has 1 saturated heterocycles. The van der Waals surface area contributed by atoms with E-state index in [-0.39, 0.29) is 0 Å². The van der Waals surface area contributed by atoms with Crippen LogP contribution in [0.2, 0.25) is 0 Å². The van der Waals surface area contributed by atoms with E-state index in [9.17, 15) is 0 Å². The second-order valence-electron chi connectivity index (χ2n) is 3.89. The number of rotatable bonds is 3. The quantitative estimate of drug-likeness (QED) is 0.674.